The molecule has 1 aliphatic heterocycles. The van der Waals surface area contributed by atoms with E-state index in [1.807, 2.05) is 24.3 Å². The van der Waals surface area contributed by atoms with Gasteiger partial charge in [-0.15, -0.1) is 16.7 Å². The molecular formula is C17H16N2O4S. The Morgan fingerprint density at radius 2 is 1.96 bits per heavy atom. The number of thioether (sulfide) groups is 1. The van der Waals surface area contributed by atoms with Crippen molar-refractivity contribution in [3.63, 3.8) is 0 Å². The summed E-state index contributed by atoms with van der Waals surface area (Å²) < 4.78 is 10.2. The molecule has 6 nitrogen and oxygen atoms in total. The fourth-order valence-electron chi connectivity index (χ4n) is 2.33. The number of amides is 1. The molecule has 1 aromatic carbocycles. The topological polar surface area (TPSA) is 77.8 Å². The van der Waals surface area contributed by atoms with Gasteiger partial charge < -0.3 is 9.47 Å². The number of nitrogens with zero attached hydrogens (tertiary/aromatic N) is 2. The summed E-state index contributed by atoms with van der Waals surface area (Å²) in [6.07, 6.45) is 3.38. The van der Waals surface area contributed by atoms with Crippen LogP contribution < -0.4 is 9.47 Å². The fourth-order valence-corrected chi connectivity index (χ4v) is 3.41. The summed E-state index contributed by atoms with van der Waals surface area (Å²) in [5.41, 5.74) is 1.75. The van der Waals surface area contributed by atoms with Gasteiger partial charge in [0, 0.05) is 28.0 Å². The van der Waals surface area contributed by atoms with Crippen LogP contribution in [-0.4, -0.2) is 28.9 Å². The molecule has 0 N–H and O–H groups in total. The minimum Gasteiger partial charge on any atom is -0.486 e. The van der Waals surface area contributed by atoms with Crippen LogP contribution in [0.1, 0.15) is 13.8 Å². The monoisotopic (exact) mass is 344 g/mol. The van der Waals surface area contributed by atoms with Gasteiger partial charge >= 0.3 is 5.91 Å². The largest absolute Gasteiger partial charge is 0.486 e. The lowest BCUT2D eigenvalue weighted by molar-refractivity contribution is -0.119. The Bertz CT molecular complexity index is 792. The minimum atomic E-state index is -0.953. The van der Waals surface area contributed by atoms with Crippen molar-refractivity contribution in [2.45, 2.75) is 23.5 Å². The molecule has 24 heavy (non-hydrogen) atoms. The van der Waals surface area contributed by atoms with Gasteiger partial charge in [0.1, 0.15) is 13.2 Å². The van der Waals surface area contributed by atoms with Crippen molar-refractivity contribution >= 4 is 17.7 Å². The quantitative estimate of drug-likeness (QED) is 0.622. The summed E-state index contributed by atoms with van der Waals surface area (Å²) in [4.78, 5) is 27.3. The molecule has 0 saturated heterocycles. The van der Waals surface area contributed by atoms with E-state index in [4.69, 9.17) is 9.47 Å². The zero-order valence-corrected chi connectivity index (χ0v) is 14.1. The Labute approximate surface area is 143 Å². The Balaban J connectivity index is 1.98. The van der Waals surface area contributed by atoms with Crippen molar-refractivity contribution in [3.05, 3.63) is 41.6 Å². The van der Waals surface area contributed by atoms with E-state index in [9.17, 15) is 9.70 Å². The van der Waals surface area contributed by atoms with Crippen LogP contribution in [0.4, 0.5) is 0 Å². The van der Waals surface area contributed by atoms with Crippen molar-refractivity contribution in [1.29, 1.82) is 0 Å². The molecule has 1 amide bonds. The highest BCUT2D eigenvalue weighted by Gasteiger charge is 2.31. The number of nitroso groups, excluding NO2 is 1. The highest BCUT2D eigenvalue weighted by Crippen LogP contribution is 2.41. The summed E-state index contributed by atoms with van der Waals surface area (Å²) >= 11 is 1.28. The number of hydrogen-bond acceptors (Lipinski definition) is 6. The second-order valence-electron chi connectivity index (χ2n) is 5.74. The number of rotatable bonds is 4. The Morgan fingerprint density at radius 1 is 1.21 bits per heavy atom. The SMILES string of the molecule is CC(C)(Sc1ccncc1-c1ccc2c(c1)OCCO2)C(=O)N=O. The van der Waals surface area contributed by atoms with Crippen molar-refractivity contribution < 1.29 is 14.3 Å². The highest BCUT2D eigenvalue weighted by molar-refractivity contribution is 8.01. The number of carbonyl (C=O) groups excluding carboxylic acids is 1. The summed E-state index contributed by atoms with van der Waals surface area (Å²) in [5, 5.41) is 2.55. The fraction of sp³-hybridized carbons (Fsp3) is 0.294. The standard InChI is InChI=1S/C17H16N2O4S/c1-17(2,16(20)19-21)24-15-5-6-18-10-12(15)11-3-4-13-14(9-11)23-8-7-22-13/h3-6,9-10H,7-8H2,1-2H3. The average molecular weight is 344 g/mol. The van der Waals surface area contributed by atoms with Gasteiger partial charge in [-0.1, -0.05) is 6.07 Å². The maximum absolute atomic E-state index is 11.7. The summed E-state index contributed by atoms with van der Waals surface area (Å²) in [6.45, 7) is 4.40. The first kappa shape index (κ1) is 16.4. The van der Waals surface area contributed by atoms with E-state index in [0.29, 0.717) is 24.7 Å². The van der Waals surface area contributed by atoms with E-state index in [2.05, 4.69) is 10.2 Å². The lowest BCUT2D eigenvalue weighted by Gasteiger charge is -2.21. The molecule has 7 heteroatoms. The van der Waals surface area contributed by atoms with E-state index >= 15 is 0 Å². The number of ether oxygens (including phenoxy) is 2. The number of benzene rings is 1. The van der Waals surface area contributed by atoms with Crippen LogP contribution in [0.5, 0.6) is 11.5 Å². The molecule has 124 valence electrons. The third-order valence-corrected chi connectivity index (χ3v) is 4.86. The number of hydrogen-bond donors (Lipinski definition) is 0. The first-order chi connectivity index (χ1) is 11.5. The number of aromatic nitrogens is 1. The molecule has 1 aromatic heterocycles. The third kappa shape index (κ3) is 3.26. The van der Waals surface area contributed by atoms with E-state index < -0.39 is 10.7 Å². The molecule has 0 atom stereocenters. The summed E-state index contributed by atoms with van der Waals surface area (Å²) in [5.74, 6) is 0.699. The van der Waals surface area contributed by atoms with Crippen LogP contribution in [0.15, 0.2) is 46.7 Å². The second kappa shape index (κ2) is 6.60. The zero-order valence-electron chi connectivity index (χ0n) is 13.3. The van der Waals surface area contributed by atoms with Crippen LogP contribution >= 0.6 is 11.8 Å². The van der Waals surface area contributed by atoms with Crippen LogP contribution in [-0.2, 0) is 4.79 Å². The first-order valence-electron chi connectivity index (χ1n) is 7.42. The van der Waals surface area contributed by atoms with Crippen molar-refractivity contribution in [3.8, 4) is 22.6 Å². The zero-order chi connectivity index (χ0) is 17.2. The van der Waals surface area contributed by atoms with Crippen LogP contribution in [0.2, 0.25) is 0 Å². The van der Waals surface area contributed by atoms with Gasteiger partial charge in [0.15, 0.2) is 11.5 Å². The number of pyridine rings is 1. The minimum absolute atomic E-state index is 0.512. The molecule has 0 saturated carbocycles. The predicted octanol–water partition coefficient (Wildman–Crippen LogP) is 3.68. The molecule has 0 radical (unpaired) electrons. The molecule has 2 heterocycles. The molecule has 0 bridgehead atoms. The number of fused-ring (bicyclic) bond motifs is 1. The summed E-state index contributed by atoms with van der Waals surface area (Å²) in [6, 6.07) is 7.48. The molecule has 0 fully saturated rings. The van der Waals surface area contributed by atoms with Gasteiger partial charge in [0.25, 0.3) is 0 Å². The highest BCUT2D eigenvalue weighted by atomic mass is 32.2. The van der Waals surface area contributed by atoms with E-state index in [1.165, 1.54) is 11.8 Å². The lowest BCUT2D eigenvalue weighted by Crippen LogP contribution is -2.25. The predicted molar refractivity (Wildman–Crippen MR) is 91.4 cm³/mol. The summed E-state index contributed by atoms with van der Waals surface area (Å²) in [7, 11) is 0. The normalized spacial score (nSPS) is 13.4. The molecule has 0 spiro atoms. The van der Waals surface area contributed by atoms with Gasteiger partial charge in [0.2, 0.25) is 0 Å². The third-order valence-electron chi connectivity index (χ3n) is 3.60. The van der Waals surface area contributed by atoms with Gasteiger partial charge in [-0.05, 0) is 37.6 Å². The Morgan fingerprint density at radius 3 is 2.71 bits per heavy atom. The molecule has 2 aromatic rings. The van der Waals surface area contributed by atoms with Gasteiger partial charge in [-0.3, -0.25) is 9.78 Å². The second-order valence-corrected chi connectivity index (χ2v) is 7.40. The molecule has 3 rings (SSSR count). The first-order valence-corrected chi connectivity index (χ1v) is 8.24. The van der Waals surface area contributed by atoms with Crippen molar-refractivity contribution in [1.82, 2.24) is 4.98 Å². The lowest BCUT2D eigenvalue weighted by atomic mass is 10.1. The van der Waals surface area contributed by atoms with Crippen LogP contribution in [0.25, 0.3) is 11.1 Å². The smallest absolute Gasteiger partial charge is 0.302 e. The van der Waals surface area contributed by atoms with Crippen molar-refractivity contribution in [2.24, 2.45) is 5.18 Å². The van der Waals surface area contributed by atoms with Crippen molar-refractivity contribution in [2.75, 3.05) is 13.2 Å². The van der Waals surface area contributed by atoms with Gasteiger partial charge in [-0.2, -0.15) is 0 Å². The van der Waals surface area contributed by atoms with E-state index in [-0.39, 0.29) is 0 Å². The maximum atomic E-state index is 11.7. The molecule has 1 aliphatic rings. The number of carbonyl (C=O) groups is 1. The average Bonchev–Trinajstić information content (AvgIpc) is 2.60. The van der Waals surface area contributed by atoms with Gasteiger partial charge in [0.05, 0.1) is 4.75 Å². The molecule has 0 unspecified atom stereocenters. The van der Waals surface area contributed by atoms with Crippen LogP contribution in [0, 0.1) is 4.91 Å². The van der Waals surface area contributed by atoms with E-state index in [1.54, 1.807) is 26.2 Å². The molecule has 0 aliphatic carbocycles. The Hall–Kier alpha value is -2.41. The Kier molecular flexibility index (Phi) is 4.53. The van der Waals surface area contributed by atoms with E-state index in [0.717, 1.165) is 16.0 Å². The van der Waals surface area contributed by atoms with Gasteiger partial charge in [-0.25, -0.2) is 0 Å². The van der Waals surface area contributed by atoms with Crippen LogP contribution in [0.3, 0.4) is 0 Å². The maximum Gasteiger partial charge on any atom is 0.302 e. The molecular weight excluding hydrogens is 328 g/mol.